The summed E-state index contributed by atoms with van der Waals surface area (Å²) in [6.07, 6.45) is 4.36. The number of aliphatic carboxylic acids is 1. The van der Waals surface area contributed by atoms with E-state index in [9.17, 15) is 4.79 Å². The van der Waals surface area contributed by atoms with Gasteiger partial charge in [0.1, 0.15) is 5.01 Å². The molecule has 0 fully saturated rings. The highest BCUT2D eigenvalue weighted by atomic mass is 32.1. The van der Waals surface area contributed by atoms with Crippen LogP contribution in [0.15, 0.2) is 36.5 Å². The van der Waals surface area contributed by atoms with E-state index in [-0.39, 0.29) is 0 Å². The third-order valence-corrected chi connectivity index (χ3v) is 3.19. The molecule has 0 aliphatic heterocycles. The molecule has 0 amide bonds. The van der Waals surface area contributed by atoms with Crippen LogP contribution in [0.2, 0.25) is 0 Å². The molecule has 86 valence electrons. The summed E-state index contributed by atoms with van der Waals surface area (Å²) in [7, 11) is 0. The van der Waals surface area contributed by atoms with Gasteiger partial charge >= 0.3 is 5.97 Å². The number of rotatable bonds is 3. The largest absolute Gasteiger partial charge is 0.478 e. The number of thiazole rings is 1. The molecule has 0 aliphatic rings. The SMILES string of the molecule is Cc1cccc(-c2ncc(/C=C/C(=O)O)s2)c1. The van der Waals surface area contributed by atoms with E-state index in [1.165, 1.54) is 16.9 Å². The van der Waals surface area contributed by atoms with Crippen LogP contribution < -0.4 is 0 Å². The van der Waals surface area contributed by atoms with E-state index in [0.717, 1.165) is 21.5 Å². The predicted octanol–water partition coefficient (Wildman–Crippen LogP) is 3.22. The summed E-state index contributed by atoms with van der Waals surface area (Å²) in [6, 6.07) is 8.07. The minimum absolute atomic E-state index is 0.837. The van der Waals surface area contributed by atoms with Crippen molar-refractivity contribution in [3.05, 3.63) is 47.0 Å². The maximum absolute atomic E-state index is 10.4. The van der Waals surface area contributed by atoms with Gasteiger partial charge in [-0.25, -0.2) is 9.78 Å². The third kappa shape index (κ3) is 3.01. The van der Waals surface area contributed by atoms with Crippen molar-refractivity contribution in [2.45, 2.75) is 6.92 Å². The monoisotopic (exact) mass is 245 g/mol. The first kappa shape index (κ1) is 11.5. The van der Waals surface area contributed by atoms with Crippen molar-refractivity contribution in [3.63, 3.8) is 0 Å². The Bertz CT molecular complexity index is 572. The van der Waals surface area contributed by atoms with E-state index in [1.807, 2.05) is 25.1 Å². The lowest BCUT2D eigenvalue weighted by Crippen LogP contribution is -1.84. The van der Waals surface area contributed by atoms with Crippen LogP contribution in [0.4, 0.5) is 0 Å². The molecule has 1 N–H and O–H groups in total. The molecule has 2 rings (SSSR count). The number of carbonyl (C=O) groups is 1. The van der Waals surface area contributed by atoms with E-state index < -0.39 is 5.97 Å². The topological polar surface area (TPSA) is 50.2 Å². The smallest absolute Gasteiger partial charge is 0.328 e. The Morgan fingerprint density at radius 3 is 3.00 bits per heavy atom. The molecule has 2 aromatic rings. The molecule has 3 nitrogen and oxygen atoms in total. The van der Waals surface area contributed by atoms with Crippen molar-refractivity contribution in [1.82, 2.24) is 4.98 Å². The van der Waals surface area contributed by atoms with Crippen molar-refractivity contribution < 1.29 is 9.90 Å². The first-order valence-electron chi connectivity index (χ1n) is 5.09. The number of benzene rings is 1. The fourth-order valence-electron chi connectivity index (χ4n) is 1.43. The van der Waals surface area contributed by atoms with E-state index in [1.54, 1.807) is 12.3 Å². The van der Waals surface area contributed by atoms with Gasteiger partial charge in [0.15, 0.2) is 0 Å². The number of aryl methyl sites for hydroxylation is 1. The van der Waals surface area contributed by atoms with Crippen LogP contribution in [0, 0.1) is 6.92 Å². The van der Waals surface area contributed by atoms with Crippen molar-refractivity contribution in [1.29, 1.82) is 0 Å². The van der Waals surface area contributed by atoms with Gasteiger partial charge < -0.3 is 5.11 Å². The summed E-state index contributed by atoms with van der Waals surface area (Å²) in [5.74, 6) is -0.949. The molecule has 4 heteroatoms. The molecule has 1 aromatic heterocycles. The minimum atomic E-state index is -0.949. The zero-order chi connectivity index (χ0) is 12.3. The Morgan fingerprint density at radius 1 is 1.47 bits per heavy atom. The molecule has 0 spiro atoms. The first-order valence-corrected chi connectivity index (χ1v) is 5.91. The van der Waals surface area contributed by atoms with Crippen molar-refractivity contribution in [3.8, 4) is 10.6 Å². The molecule has 0 bridgehead atoms. The Kier molecular flexibility index (Phi) is 3.35. The second kappa shape index (κ2) is 4.93. The second-order valence-corrected chi connectivity index (χ2v) is 4.67. The Hall–Kier alpha value is -1.94. The number of hydrogen-bond donors (Lipinski definition) is 1. The molecule has 0 atom stereocenters. The highest BCUT2D eigenvalue weighted by molar-refractivity contribution is 7.15. The summed E-state index contributed by atoms with van der Waals surface area (Å²) < 4.78 is 0. The lowest BCUT2D eigenvalue weighted by molar-refractivity contribution is -0.131. The van der Waals surface area contributed by atoms with E-state index in [4.69, 9.17) is 5.11 Å². The zero-order valence-electron chi connectivity index (χ0n) is 9.25. The Labute approximate surface area is 103 Å². The van der Waals surface area contributed by atoms with Crippen molar-refractivity contribution in [2.75, 3.05) is 0 Å². The van der Waals surface area contributed by atoms with Crippen LogP contribution in [-0.2, 0) is 4.79 Å². The highest BCUT2D eigenvalue weighted by Gasteiger charge is 2.03. The van der Waals surface area contributed by atoms with Gasteiger partial charge in [-0.2, -0.15) is 0 Å². The van der Waals surface area contributed by atoms with Crippen LogP contribution >= 0.6 is 11.3 Å². The van der Waals surface area contributed by atoms with Crippen molar-refractivity contribution >= 4 is 23.4 Å². The second-order valence-electron chi connectivity index (χ2n) is 3.61. The summed E-state index contributed by atoms with van der Waals surface area (Å²) in [5, 5.41) is 9.43. The normalized spacial score (nSPS) is 10.9. The maximum Gasteiger partial charge on any atom is 0.328 e. The molecule has 0 saturated carbocycles. The molecule has 0 aliphatic carbocycles. The van der Waals surface area contributed by atoms with E-state index >= 15 is 0 Å². The van der Waals surface area contributed by atoms with Gasteiger partial charge in [0.2, 0.25) is 0 Å². The van der Waals surface area contributed by atoms with Gasteiger partial charge in [0.25, 0.3) is 0 Å². The summed E-state index contributed by atoms with van der Waals surface area (Å²) in [4.78, 5) is 15.5. The predicted molar refractivity (Wildman–Crippen MR) is 69.0 cm³/mol. The van der Waals surface area contributed by atoms with E-state index in [2.05, 4.69) is 11.1 Å². The molecule has 0 saturated heterocycles. The van der Waals surface area contributed by atoms with Crippen LogP contribution in [0.25, 0.3) is 16.6 Å². The van der Waals surface area contributed by atoms with Gasteiger partial charge in [0, 0.05) is 22.7 Å². The average molecular weight is 245 g/mol. The summed E-state index contributed by atoms with van der Waals surface area (Å²) in [6.45, 7) is 2.03. The lowest BCUT2D eigenvalue weighted by atomic mass is 10.1. The lowest BCUT2D eigenvalue weighted by Gasteiger charge is -1.96. The van der Waals surface area contributed by atoms with Gasteiger partial charge in [0.05, 0.1) is 0 Å². The molecule has 1 aromatic carbocycles. The average Bonchev–Trinajstić information content (AvgIpc) is 2.75. The van der Waals surface area contributed by atoms with Crippen LogP contribution in [0.5, 0.6) is 0 Å². The number of carboxylic acids is 1. The minimum Gasteiger partial charge on any atom is -0.478 e. The summed E-state index contributed by atoms with van der Waals surface area (Å²) >= 11 is 1.48. The first-order chi connectivity index (χ1) is 8.15. The molecular formula is C13H11NO2S. The standard InChI is InChI=1S/C13H11NO2S/c1-9-3-2-4-10(7-9)13-14-8-11(17-13)5-6-12(15)16/h2-8H,1H3,(H,15,16)/b6-5+. The zero-order valence-corrected chi connectivity index (χ0v) is 10.1. The van der Waals surface area contributed by atoms with Gasteiger partial charge in [-0.1, -0.05) is 23.8 Å². The van der Waals surface area contributed by atoms with Gasteiger partial charge in [-0.3, -0.25) is 0 Å². The molecule has 1 heterocycles. The van der Waals surface area contributed by atoms with Gasteiger partial charge in [-0.05, 0) is 19.1 Å². The summed E-state index contributed by atoms with van der Waals surface area (Å²) in [5.41, 5.74) is 2.24. The molecule has 0 unspecified atom stereocenters. The molecular weight excluding hydrogens is 234 g/mol. The third-order valence-electron chi connectivity index (χ3n) is 2.18. The molecule has 17 heavy (non-hydrogen) atoms. The fraction of sp³-hybridized carbons (Fsp3) is 0.0769. The number of hydrogen-bond acceptors (Lipinski definition) is 3. The number of carboxylic acid groups (broad SMARTS) is 1. The van der Waals surface area contributed by atoms with Crippen LogP contribution in [-0.4, -0.2) is 16.1 Å². The van der Waals surface area contributed by atoms with Crippen LogP contribution in [0.3, 0.4) is 0 Å². The Balaban J connectivity index is 2.27. The highest BCUT2D eigenvalue weighted by Crippen LogP contribution is 2.26. The van der Waals surface area contributed by atoms with Gasteiger partial charge in [-0.15, -0.1) is 11.3 Å². The Morgan fingerprint density at radius 2 is 2.29 bits per heavy atom. The van der Waals surface area contributed by atoms with Crippen molar-refractivity contribution in [2.24, 2.45) is 0 Å². The maximum atomic E-state index is 10.4. The molecule has 0 radical (unpaired) electrons. The van der Waals surface area contributed by atoms with E-state index in [0.29, 0.717) is 0 Å². The van der Waals surface area contributed by atoms with Crippen LogP contribution in [0.1, 0.15) is 10.4 Å². The number of nitrogens with zero attached hydrogens (tertiary/aromatic N) is 1. The fourth-order valence-corrected chi connectivity index (χ4v) is 2.24. The quantitative estimate of drug-likeness (QED) is 0.845. The number of aromatic nitrogens is 1.